The van der Waals surface area contributed by atoms with Gasteiger partial charge in [-0.05, 0) is 42.0 Å². The minimum Gasteiger partial charge on any atom is -0.497 e. The molecule has 3 aromatic carbocycles. The SMILES string of the molecule is COc1ccc(Oc2cccc(CC(=O)O)c2)c(NS(=O)(=O)c2ccccc2)c1. The normalized spacial score (nSPS) is 10.9. The number of benzene rings is 3. The van der Waals surface area contributed by atoms with Crippen LogP contribution < -0.4 is 14.2 Å². The second-order valence-electron chi connectivity index (χ2n) is 6.10. The van der Waals surface area contributed by atoms with Crippen LogP contribution in [-0.2, 0) is 21.2 Å². The Kier molecular flexibility index (Phi) is 6.04. The number of carboxylic acids is 1. The molecule has 29 heavy (non-hydrogen) atoms. The number of hydrogen-bond donors (Lipinski definition) is 2. The standard InChI is InChI=1S/C21H19NO6S/c1-27-16-10-11-20(28-17-7-5-6-15(12-17)13-21(23)24)19(14-16)22-29(25,26)18-8-3-2-4-9-18/h2-12,14,22H,13H2,1H3,(H,23,24). The molecule has 0 amide bonds. The number of methoxy groups -OCH3 is 1. The monoisotopic (exact) mass is 413 g/mol. The maximum Gasteiger partial charge on any atom is 0.307 e. The molecule has 0 saturated heterocycles. The molecule has 0 fully saturated rings. The lowest BCUT2D eigenvalue weighted by Crippen LogP contribution is -2.13. The molecule has 0 saturated carbocycles. The van der Waals surface area contributed by atoms with Crippen molar-refractivity contribution in [1.82, 2.24) is 0 Å². The third-order valence-electron chi connectivity index (χ3n) is 3.97. The van der Waals surface area contributed by atoms with Crippen LogP contribution >= 0.6 is 0 Å². The fraction of sp³-hybridized carbons (Fsp3) is 0.0952. The number of sulfonamides is 1. The first-order chi connectivity index (χ1) is 13.9. The summed E-state index contributed by atoms with van der Waals surface area (Å²) in [5.74, 6) is 0.123. The predicted molar refractivity (Wildman–Crippen MR) is 108 cm³/mol. The molecular formula is C21H19NO6S. The summed E-state index contributed by atoms with van der Waals surface area (Å²) in [5, 5.41) is 8.95. The second-order valence-corrected chi connectivity index (χ2v) is 7.78. The number of carboxylic acid groups (broad SMARTS) is 1. The lowest BCUT2D eigenvalue weighted by Gasteiger charge is -2.15. The van der Waals surface area contributed by atoms with Crippen LogP contribution in [0.4, 0.5) is 5.69 Å². The highest BCUT2D eigenvalue weighted by Crippen LogP contribution is 2.34. The highest BCUT2D eigenvalue weighted by molar-refractivity contribution is 7.92. The number of carbonyl (C=O) groups is 1. The number of ether oxygens (including phenoxy) is 2. The molecule has 0 unspecified atom stereocenters. The summed E-state index contributed by atoms with van der Waals surface area (Å²) >= 11 is 0. The molecule has 7 nitrogen and oxygen atoms in total. The maximum absolute atomic E-state index is 12.7. The summed E-state index contributed by atoms with van der Waals surface area (Å²) in [5.41, 5.74) is 0.756. The number of rotatable bonds is 8. The van der Waals surface area contributed by atoms with E-state index in [1.54, 1.807) is 54.6 Å². The molecule has 0 radical (unpaired) electrons. The van der Waals surface area contributed by atoms with Gasteiger partial charge in [-0.15, -0.1) is 0 Å². The number of anilines is 1. The average Bonchev–Trinajstić information content (AvgIpc) is 2.69. The van der Waals surface area contributed by atoms with Crippen molar-refractivity contribution >= 4 is 21.7 Å². The molecule has 0 aromatic heterocycles. The molecule has 0 aliphatic rings. The van der Waals surface area contributed by atoms with Crippen molar-refractivity contribution in [1.29, 1.82) is 0 Å². The molecule has 3 rings (SSSR count). The van der Waals surface area contributed by atoms with Crippen molar-refractivity contribution in [2.24, 2.45) is 0 Å². The smallest absolute Gasteiger partial charge is 0.307 e. The van der Waals surface area contributed by atoms with Crippen molar-refractivity contribution < 1.29 is 27.8 Å². The van der Waals surface area contributed by atoms with Crippen LogP contribution in [-0.4, -0.2) is 26.6 Å². The van der Waals surface area contributed by atoms with Crippen molar-refractivity contribution in [3.63, 3.8) is 0 Å². The van der Waals surface area contributed by atoms with Crippen molar-refractivity contribution in [2.45, 2.75) is 11.3 Å². The van der Waals surface area contributed by atoms with E-state index in [-0.39, 0.29) is 22.8 Å². The van der Waals surface area contributed by atoms with Crippen molar-refractivity contribution in [3.8, 4) is 17.2 Å². The Morgan fingerprint density at radius 2 is 1.72 bits per heavy atom. The maximum atomic E-state index is 12.7. The minimum absolute atomic E-state index is 0.109. The molecule has 0 heterocycles. The van der Waals surface area contributed by atoms with Crippen molar-refractivity contribution in [3.05, 3.63) is 78.4 Å². The van der Waals surface area contributed by atoms with Gasteiger partial charge < -0.3 is 14.6 Å². The molecule has 3 aromatic rings. The van der Waals surface area contributed by atoms with Crippen LogP contribution in [0.2, 0.25) is 0 Å². The predicted octanol–water partition coefficient (Wildman–Crippen LogP) is 3.92. The molecule has 0 aliphatic heterocycles. The Labute approximate surface area is 168 Å². The van der Waals surface area contributed by atoms with E-state index in [9.17, 15) is 13.2 Å². The summed E-state index contributed by atoms with van der Waals surface area (Å²) < 4.78 is 39.0. The Hall–Kier alpha value is -3.52. The molecule has 8 heteroatoms. The molecule has 0 atom stereocenters. The zero-order chi connectivity index (χ0) is 20.9. The molecule has 0 aliphatic carbocycles. The van der Waals surface area contributed by atoms with E-state index in [1.807, 2.05) is 0 Å². The quantitative estimate of drug-likeness (QED) is 0.580. The van der Waals surface area contributed by atoms with E-state index in [1.165, 1.54) is 25.3 Å². The molecular weight excluding hydrogens is 394 g/mol. The average molecular weight is 413 g/mol. The van der Waals surface area contributed by atoms with Crippen LogP contribution in [0.5, 0.6) is 17.2 Å². The molecule has 150 valence electrons. The lowest BCUT2D eigenvalue weighted by molar-refractivity contribution is -0.136. The largest absolute Gasteiger partial charge is 0.497 e. The highest BCUT2D eigenvalue weighted by Gasteiger charge is 2.17. The molecule has 2 N–H and O–H groups in total. The number of hydrogen-bond acceptors (Lipinski definition) is 5. The number of aliphatic carboxylic acids is 1. The summed E-state index contributed by atoms with van der Waals surface area (Å²) in [6.07, 6.45) is -0.146. The zero-order valence-corrected chi connectivity index (χ0v) is 16.3. The number of nitrogens with one attached hydrogen (secondary N) is 1. The van der Waals surface area contributed by atoms with Gasteiger partial charge in [-0.2, -0.15) is 0 Å². The summed E-state index contributed by atoms with van der Waals surface area (Å²) in [7, 11) is -2.37. The topological polar surface area (TPSA) is 102 Å². The summed E-state index contributed by atoms with van der Waals surface area (Å²) in [6.45, 7) is 0. The summed E-state index contributed by atoms with van der Waals surface area (Å²) in [6, 6.07) is 19.3. The van der Waals surface area contributed by atoms with E-state index in [0.717, 1.165) is 0 Å². The van der Waals surface area contributed by atoms with Gasteiger partial charge in [0.2, 0.25) is 0 Å². The van der Waals surface area contributed by atoms with E-state index in [0.29, 0.717) is 17.1 Å². The van der Waals surface area contributed by atoms with Crippen molar-refractivity contribution in [2.75, 3.05) is 11.8 Å². The minimum atomic E-state index is -3.84. The lowest BCUT2D eigenvalue weighted by atomic mass is 10.1. The van der Waals surface area contributed by atoms with Gasteiger partial charge in [-0.1, -0.05) is 30.3 Å². The Morgan fingerprint density at radius 3 is 2.41 bits per heavy atom. The molecule has 0 spiro atoms. The fourth-order valence-corrected chi connectivity index (χ4v) is 3.71. The zero-order valence-electron chi connectivity index (χ0n) is 15.5. The fourth-order valence-electron chi connectivity index (χ4n) is 2.63. The first-order valence-corrected chi connectivity index (χ1v) is 10.1. The molecule has 0 bridgehead atoms. The van der Waals surface area contributed by atoms with Gasteiger partial charge in [0.15, 0.2) is 5.75 Å². The first kappa shape index (κ1) is 20.2. The van der Waals surface area contributed by atoms with Gasteiger partial charge in [0.25, 0.3) is 10.0 Å². The van der Waals surface area contributed by atoms with Gasteiger partial charge in [0.1, 0.15) is 11.5 Å². The van der Waals surface area contributed by atoms with Gasteiger partial charge >= 0.3 is 5.97 Å². The van der Waals surface area contributed by atoms with E-state index >= 15 is 0 Å². The Morgan fingerprint density at radius 1 is 0.966 bits per heavy atom. The van der Waals surface area contributed by atoms with E-state index < -0.39 is 16.0 Å². The van der Waals surface area contributed by atoms with Gasteiger partial charge in [-0.25, -0.2) is 8.42 Å². The van der Waals surface area contributed by atoms with Gasteiger partial charge in [-0.3, -0.25) is 9.52 Å². The van der Waals surface area contributed by atoms with Crippen LogP contribution in [0.25, 0.3) is 0 Å². The first-order valence-electron chi connectivity index (χ1n) is 8.62. The Bertz CT molecular complexity index is 1110. The van der Waals surface area contributed by atoms with Crippen LogP contribution in [0.1, 0.15) is 5.56 Å². The van der Waals surface area contributed by atoms with E-state index in [2.05, 4.69) is 4.72 Å². The van der Waals surface area contributed by atoms with E-state index in [4.69, 9.17) is 14.6 Å². The van der Waals surface area contributed by atoms with Crippen LogP contribution in [0, 0.1) is 0 Å². The van der Waals surface area contributed by atoms with Crippen LogP contribution in [0.3, 0.4) is 0 Å². The Balaban J connectivity index is 1.93. The van der Waals surface area contributed by atoms with Gasteiger partial charge in [0, 0.05) is 6.07 Å². The second kappa shape index (κ2) is 8.66. The van der Waals surface area contributed by atoms with Crippen LogP contribution in [0.15, 0.2) is 77.7 Å². The van der Waals surface area contributed by atoms with Gasteiger partial charge in [0.05, 0.1) is 24.1 Å². The third-order valence-corrected chi connectivity index (χ3v) is 5.35. The summed E-state index contributed by atoms with van der Waals surface area (Å²) in [4.78, 5) is 11.0. The third kappa shape index (κ3) is 5.26. The highest BCUT2D eigenvalue weighted by atomic mass is 32.2.